The highest BCUT2D eigenvalue weighted by Crippen LogP contribution is 2.33. The number of nitrogens with zero attached hydrogens (tertiary/aromatic N) is 6. The van der Waals surface area contributed by atoms with Crippen molar-refractivity contribution in [2.45, 2.75) is 24.9 Å². The molecule has 0 bridgehead atoms. The molecule has 2 saturated heterocycles. The smallest absolute Gasteiger partial charge is 0.276 e. The molecule has 2 fully saturated rings. The van der Waals surface area contributed by atoms with E-state index in [1.54, 1.807) is 34.8 Å². The number of aryl methyl sites for hydroxylation is 1. The Hall–Kier alpha value is -2.82. The van der Waals surface area contributed by atoms with E-state index >= 15 is 0 Å². The molecule has 29 heavy (non-hydrogen) atoms. The van der Waals surface area contributed by atoms with Crippen LogP contribution in [0.5, 0.6) is 0 Å². The Kier molecular flexibility index (Phi) is 5.07. The van der Waals surface area contributed by atoms with E-state index < -0.39 is 30.8 Å². The van der Waals surface area contributed by atoms with Gasteiger partial charge in [0, 0.05) is 32.8 Å². The molecule has 2 aromatic heterocycles. The fourth-order valence-corrected chi connectivity index (χ4v) is 3.76. The Balaban J connectivity index is 1.48. The zero-order chi connectivity index (χ0) is 20.6. The molecule has 1 atom stereocenters. The molecule has 11 heteroatoms. The van der Waals surface area contributed by atoms with Crippen LogP contribution in [0.4, 0.5) is 8.78 Å². The van der Waals surface area contributed by atoms with Crippen molar-refractivity contribution in [1.82, 2.24) is 29.4 Å². The minimum absolute atomic E-state index is 0.0368. The number of alkyl halides is 2. The van der Waals surface area contributed by atoms with Crippen molar-refractivity contribution < 1.29 is 23.1 Å². The summed E-state index contributed by atoms with van der Waals surface area (Å²) in [6, 6.07) is 2.54. The first kappa shape index (κ1) is 19.5. The number of aromatic nitrogens is 4. The summed E-state index contributed by atoms with van der Waals surface area (Å²) in [5, 5.41) is 7.81. The second-order valence-corrected chi connectivity index (χ2v) is 7.38. The average molecular weight is 408 g/mol. The summed E-state index contributed by atoms with van der Waals surface area (Å²) < 4.78 is 36.4. The van der Waals surface area contributed by atoms with Gasteiger partial charge in [0.05, 0.1) is 38.5 Å². The number of morpholine rings is 1. The summed E-state index contributed by atoms with van der Waals surface area (Å²) in [6.45, 7) is 1.27. The summed E-state index contributed by atoms with van der Waals surface area (Å²) in [6.07, 6.45) is 2.67. The molecule has 0 aromatic carbocycles. The van der Waals surface area contributed by atoms with Gasteiger partial charge in [-0.15, -0.1) is 5.10 Å². The molecule has 0 aliphatic carbocycles. The van der Waals surface area contributed by atoms with Crippen LogP contribution in [-0.2, 0) is 18.3 Å². The third-order valence-electron chi connectivity index (χ3n) is 5.25. The first-order valence-corrected chi connectivity index (χ1v) is 9.41. The largest absolute Gasteiger partial charge is 0.378 e. The minimum atomic E-state index is -2.97. The van der Waals surface area contributed by atoms with E-state index in [-0.39, 0.29) is 18.1 Å². The van der Waals surface area contributed by atoms with E-state index in [9.17, 15) is 18.4 Å². The predicted octanol–water partition coefficient (Wildman–Crippen LogP) is 0.639. The average Bonchev–Trinajstić information content (AvgIpc) is 3.40. The van der Waals surface area contributed by atoms with Gasteiger partial charge in [-0.25, -0.2) is 13.5 Å². The van der Waals surface area contributed by atoms with Gasteiger partial charge in [-0.1, -0.05) is 5.21 Å². The highest BCUT2D eigenvalue weighted by Gasteiger charge is 2.47. The van der Waals surface area contributed by atoms with Crippen LogP contribution in [0.2, 0.25) is 0 Å². The lowest BCUT2D eigenvalue weighted by molar-refractivity contribution is 0.0116. The molecule has 0 saturated carbocycles. The van der Waals surface area contributed by atoms with Gasteiger partial charge in [0.25, 0.3) is 17.7 Å². The van der Waals surface area contributed by atoms with Crippen LogP contribution in [0.1, 0.15) is 27.4 Å². The van der Waals surface area contributed by atoms with Gasteiger partial charge in [0.1, 0.15) is 5.69 Å². The summed E-state index contributed by atoms with van der Waals surface area (Å²) >= 11 is 0. The fraction of sp³-hybridized carbons (Fsp3) is 0.556. The first-order valence-electron chi connectivity index (χ1n) is 9.41. The number of carbonyl (C=O) groups is 2. The molecule has 4 heterocycles. The molecule has 0 N–H and O–H groups in total. The molecular formula is C18H22F2N6O3. The Bertz CT molecular complexity index is 905. The van der Waals surface area contributed by atoms with Crippen LogP contribution in [0.3, 0.4) is 0 Å². The minimum Gasteiger partial charge on any atom is -0.378 e. The number of carbonyl (C=O) groups excluding carboxylic acids is 2. The lowest BCUT2D eigenvalue weighted by Crippen LogP contribution is -2.41. The van der Waals surface area contributed by atoms with Crippen molar-refractivity contribution in [3.8, 4) is 0 Å². The maximum atomic E-state index is 14.1. The van der Waals surface area contributed by atoms with Crippen LogP contribution >= 0.6 is 0 Å². The fourth-order valence-electron chi connectivity index (χ4n) is 3.76. The summed E-state index contributed by atoms with van der Waals surface area (Å²) in [5.74, 6) is -3.70. The van der Waals surface area contributed by atoms with Gasteiger partial charge in [-0.3, -0.25) is 9.59 Å². The molecule has 0 unspecified atom stereocenters. The number of ether oxygens (including phenoxy) is 1. The lowest BCUT2D eigenvalue weighted by atomic mass is 10.2. The molecular weight excluding hydrogens is 386 g/mol. The molecule has 4 rings (SSSR count). The van der Waals surface area contributed by atoms with E-state index in [1.807, 2.05) is 0 Å². The lowest BCUT2D eigenvalue weighted by Gasteiger charge is -2.25. The van der Waals surface area contributed by atoms with E-state index in [0.717, 1.165) is 0 Å². The van der Waals surface area contributed by atoms with E-state index in [2.05, 4.69) is 10.3 Å². The van der Waals surface area contributed by atoms with Crippen LogP contribution in [0, 0.1) is 0 Å². The van der Waals surface area contributed by atoms with Crippen LogP contribution < -0.4 is 0 Å². The Labute approximate surface area is 165 Å². The van der Waals surface area contributed by atoms with Gasteiger partial charge < -0.3 is 19.1 Å². The zero-order valence-electron chi connectivity index (χ0n) is 16.0. The standard InChI is InChI=1S/C18H22F2N6O3/c1-23-4-2-3-15(23)17(28)26-12-18(19,20)9-13(26)10-25-11-14(21-22-25)16(27)24-5-7-29-8-6-24/h2-4,11,13H,5-10,12H2,1H3/t13-/m0/s1. The molecule has 0 radical (unpaired) electrons. The predicted molar refractivity (Wildman–Crippen MR) is 96.5 cm³/mol. The maximum absolute atomic E-state index is 14.1. The molecule has 2 aliphatic rings. The molecule has 2 amide bonds. The Morgan fingerprint density at radius 1 is 1.28 bits per heavy atom. The second-order valence-electron chi connectivity index (χ2n) is 7.38. The van der Waals surface area contributed by atoms with Crippen molar-refractivity contribution in [2.75, 3.05) is 32.8 Å². The molecule has 2 aromatic rings. The number of hydrogen-bond acceptors (Lipinski definition) is 5. The molecule has 0 spiro atoms. The third-order valence-corrected chi connectivity index (χ3v) is 5.25. The summed E-state index contributed by atoms with van der Waals surface area (Å²) in [4.78, 5) is 28.1. The highest BCUT2D eigenvalue weighted by molar-refractivity contribution is 5.93. The SMILES string of the molecule is Cn1cccc1C(=O)N1CC(F)(F)C[C@H]1Cn1cc(C(=O)N2CCOCC2)nn1. The van der Waals surface area contributed by atoms with E-state index in [4.69, 9.17) is 4.74 Å². The zero-order valence-corrected chi connectivity index (χ0v) is 16.0. The Morgan fingerprint density at radius 2 is 2.03 bits per heavy atom. The molecule has 9 nitrogen and oxygen atoms in total. The number of likely N-dealkylation sites (tertiary alicyclic amines) is 1. The first-order chi connectivity index (χ1) is 13.8. The van der Waals surface area contributed by atoms with Crippen molar-refractivity contribution in [2.24, 2.45) is 7.05 Å². The van der Waals surface area contributed by atoms with E-state index in [0.29, 0.717) is 32.0 Å². The van der Waals surface area contributed by atoms with Crippen molar-refractivity contribution in [3.05, 3.63) is 35.9 Å². The monoisotopic (exact) mass is 408 g/mol. The quantitative estimate of drug-likeness (QED) is 0.741. The van der Waals surface area contributed by atoms with Gasteiger partial charge in [-0.05, 0) is 12.1 Å². The Morgan fingerprint density at radius 3 is 2.72 bits per heavy atom. The number of hydrogen-bond donors (Lipinski definition) is 0. The van der Waals surface area contributed by atoms with Crippen LogP contribution in [0.25, 0.3) is 0 Å². The van der Waals surface area contributed by atoms with Crippen LogP contribution in [0.15, 0.2) is 24.5 Å². The highest BCUT2D eigenvalue weighted by atomic mass is 19.3. The van der Waals surface area contributed by atoms with Gasteiger partial charge in [-0.2, -0.15) is 0 Å². The summed E-state index contributed by atoms with van der Waals surface area (Å²) in [7, 11) is 1.69. The van der Waals surface area contributed by atoms with Crippen molar-refractivity contribution in [1.29, 1.82) is 0 Å². The number of rotatable bonds is 4. The number of amides is 2. The van der Waals surface area contributed by atoms with Gasteiger partial charge >= 0.3 is 0 Å². The van der Waals surface area contributed by atoms with Crippen molar-refractivity contribution >= 4 is 11.8 Å². The normalized spacial score (nSPS) is 21.6. The molecule has 2 aliphatic heterocycles. The van der Waals surface area contributed by atoms with Crippen LogP contribution in [-0.4, -0.2) is 86.0 Å². The van der Waals surface area contributed by atoms with Gasteiger partial charge in [0.2, 0.25) is 0 Å². The third kappa shape index (κ3) is 4.00. The van der Waals surface area contributed by atoms with Gasteiger partial charge in [0.15, 0.2) is 5.69 Å². The summed E-state index contributed by atoms with van der Waals surface area (Å²) in [5.41, 5.74) is 0.492. The van der Waals surface area contributed by atoms with Crippen molar-refractivity contribution in [3.63, 3.8) is 0 Å². The van der Waals surface area contributed by atoms with E-state index in [1.165, 1.54) is 15.8 Å². The number of halogens is 2. The molecule has 156 valence electrons. The second kappa shape index (κ2) is 7.54. The maximum Gasteiger partial charge on any atom is 0.276 e. The topological polar surface area (TPSA) is 85.5 Å².